The number of nitrogens with two attached hydrogens (primary N) is 1. The van der Waals surface area contributed by atoms with Crippen molar-refractivity contribution in [1.82, 2.24) is 15.5 Å². The Bertz CT molecular complexity index is 1580. The molecule has 0 spiro atoms. The van der Waals surface area contributed by atoms with E-state index in [4.69, 9.17) is 10.2 Å². The van der Waals surface area contributed by atoms with Crippen molar-refractivity contribution in [2.75, 3.05) is 0 Å². The number of nitrogens with zero attached hydrogens (tertiary/aromatic N) is 3. The van der Waals surface area contributed by atoms with Gasteiger partial charge in [-0.1, -0.05) is 48.4 Å². The van der Waals surface area contributed by atoms with Crippen molar-refractivity contribution in [1.29, 1.82) is 5.26 Å². The predicted octanol–water partition coefficient (Wildman–Crippen LogP) is 4.97. The molecule has 0 fully saturated rings. The van der Waals surface area contributed by atoms with Gasteiger partial charge in [0.2, 0.25) is 11.8 Å². The summed E-state index contributed by atoms with van der Waals surface area (Å²) in [6.45, 7) is 5.25. The molecule has 0 radical (unpaired) electrons. The largest absolute Gasteiger partial charge is 0.419 e. The SMILES string of the molecule is CC#C[C@@H](C)NC(=O)c1cc(-c2nnc([C@](C)(N)Cc3ccccc3)o2)cc(-c2cccc(F)c2C#N)c1. The van der Waals surface area contributed by atoms with Crippen LogP contribution in [0.5, 0.6) is 0 Å². The fourth-order valence-corrected chi connectivity index (χ4v) is 4.11. The van der Waals surface area contributed by atoms with E-state index in [9.17, 15) is 14.4 Å². The smallest absolute Gasteiger partial charge is 0.252 e. The highest BCUT2D eigenvalue weighted by Crippen LogP contribution is 2.32. The maximum absolute atomic E-state index is 14.4. The summed E-state index contributed by atoms with van der Waals surface area (Å²) in [7, 11) is 0. The molecule has 1 heterocycles. The number of rotatable bonds is 7. The minimum absolute atomic E-state index is 0.134. The van der Waals surface area contributed by atoms with Gasteiger partial charge in [0.15, 0.2) is 0 Å². The molecule has 0 unspecified atom stereocenters. The number of hydrogen-bond donors (Lipinski definition) is 2. The molecule has 4 aromatic rings. The number of nitrogens with one attached hydrogen (secondary N) is 1. The van der Waals surface area contributed by atoms with Crippen LogP contribution in [0.15, 0.2) is 71.1 Å². The Labute approximate surface area is 220 Å². The molecule has 1 aromatic heterocycles. The Balaban J connectivity index is 1.78. The number of carbonyl (C=O) groups is 1. The molecule has 0 bridgehead atoms. The number of aromatic nitrogens is 2. The summed E-state index contributed by atoms with van der Waals surface area (Å²) in [5, 5.41) is 20.8. The van der Waals surface area contributed by atoms with Crippen molar-refractivity contribution < 1.29 is 13.6 Å². The third-order valence-electron chi connectivity index (χ3n) is 5.91. The van der Waals surface area contributed by atoms with Gasteiger partial charge in [0.1, 0.15) is 11.9 Å². The fraction of sp³-hybridized carbons (Fsp3) is 0.200. The lowest BCUT2D eigenvalue weighted by Gasteiger charge is -2.20. The summed E-state index contributed by atoms with van der Waals surface area (Å²) in [6, 6.07) is 20.4. The summed E-state index contributed by atoms with van der Waals surface area (Å²) in [4.78, 5) is 13.1. The lowest BCUT2D eigenvalue weighted by atomic mass is 9.94. The standard InChI is InChI=1S/C30H26FN5O2/c1-4-9-19(2)34-27(37)22-14-21(24-12-8-13-26(31)25(24)18-32)15-23(16-22)28-35-36-29(38-28)30(3,33)17-20-10-6-5-7-11-20/h5-8,10-16,19H,17,33H2,1-3H3,(H,34,37)/t19-,30-/m1/s1. The van der Waals surface area contributed by atoms with Gasteiger partial charge in [0.05, 0.1) is 17.1 Å². The molecule has 38 heavy (non-hydrogen) atoms. The third-order valence-corrected chi connectivity index (χ3v) is 5.91. The minimum atomic E-state index is -0.949. The van der Waals surface area contributed by atoms with E-state index in [0.29, 0.717) is 23.1 Å². The Hall–Kier alpha value is -4.79. The van der Waals surface area contributed by atoms with E-state index < -0.39 is 23.3 Å². The molecule has 8 heteroatoms. The second-order valence-corrected chi connectivity index (χ2v) is 9.15. The van der Waals surface area contributed by atoms with Gasteiger partial charge in [0.25, 0.3) is 5.91 Å². The quantitative estimate of drug-likeness (QED) is 0.341. The predicted molar refractivity (Wildman–Crippen MR) is 142 cm³/mol. The minimum Gasteiger partial charge on any atom is -0.419 e. The molecule has 1 amide bonds. The lowest BCUT2D eigenvalue weighted by Crippen LogP contribution is -2.35. The van der Waals surface area contributed by atoms with Crippen molar-refractivity contribution >= 4 is 5.91 Å². The second kappa shape index (κ2) is 11.1. The highest BCUT2D eigenvalue weighted by molar-refractivity contribution is 5.97. The van der Waals surface area contributed by atoms with Gasteiger partial charge in [-0.2, -0.15) is 5.26 Å². The normalized spacial score (nSPS) is 12.9. The van der Waals surface area contributed by atoms with Gasteiger partial charge in [0, 0.05) is 16.7 Å². The topological polar surface area (TPSA) is 118 Å². The average Bonchev–Trinajstić information content (AvgIpc) is 3.40. The first-order valence-corrected chi connectivity index (χ1v) is 12.0. The molecule has 7 nitrogen and oxygen atoms in total. The molecule has 190 valence electrons. The van der Waals surface area contributed by atoms with Gasteiger partial charge in [-0.15, -0.1) is 16.1 Å². The first kappa shape index (κ1) is 26.3. The van der Waals surface area contributed by atoms with Crippen LogP contribution in [0.3, 0.4) is 0 Å². The number of carbonyl (C=O) groups excluding carboxylic acids is 1. The first-order chi connectivity index (χ1) is 18.2. The number of nitriles is 1. The summed E-state index contributed by atoms with van der Waals surface area (Å²) < 4.78 is 20.4. The second-order valence-electron chi connectivity index (χ2n) is 9.15. The highest BCUT2D eigenvalue weighted by atomic mass is 19.1. The van der Waals surface area contributed by atoms with Crippen molar-refractivity contribution in [2.24, 2.45) is 5.73 Å². The molecular weight excluding hydrogens is 481 g/mol. The zero-order chi connectivity index (χ0) is 27.3. The van der Waals surface area contributed by atoms with Crippen LogP contribution in [-0.4, -0.2) is 22.1 Å². The van der Waals surface area contributed by atoms with E-state index in [1.165, 1.54) is 12.1 Å². The number of benzene rings is 3. The summed E-state index contributed by atoms with van der Waals surface area (Å²) in [6.07, 6.45) is 0.467. The van der Waals surface area contributed by atoms with Crippen LogP contribution >= 0.6 is 0 Å². The number of hydrogen-bond acceptors (Lipinski definition) is 6. The van der Waals surface area contributed by atoms with Crippen LogP contribution in [-0.2, 0) is 12.0 Å². The van der Waals surface area contributed by atoms with Gasteiger partial charge >= 0.3 is 0 Å². The Morgan fingerprint density at radius 2 is 1.87 bits per heavy atom. The Morgan fingerprint density at radius 1 is 1.13 bits per heavy atom. The van der Waals surface area contributed by atoms with Crippen molar-refractivity contribution in [2.45, 2.75) is 38.8 Å². The molecular formula is C30H26FN5O2. The monoisotopic (exact) mass is 507 g/mol. The summed E-state index contributed by atoms with van der Waals surface area (Å²) >= 11 is 0. The third kappa shape index (κ3) is 5.78. The summed E-state index contributed by atoms with van der Waals surface area (Å²) in [5.74, 6) is 4.95. The van der Waals surface area contributed by atoms with E-state index in [0.717, 1.165) is 5.56 Å². The molecule has 0 saturated heterocycles. The van der Waals surface area contributed by atoms with Gasteiger partial charge in [-0.3, -0.25) is 4.79 Å². The molecule has 2 atom stereocenters. The Morgan fingerprint density at radius 3 is 2.58 bits per heavy atom. The zero-order valence-electron chi connectivity index (χ0n) is 21.2. The van der Waals surface area contributed by atoms with Gasteiger partial charge < -0.3 is 15.5 Å². The molecule has 0 aliphatic rings. The summed E-state index contributed by atoms with van der Waals surface area (Å²) in [5.41, 5.74) is 7.93. The molecule has 3 N–H and O–H groups in total. The molecule has 4 rings (SSSR count). The Kier molecular flexibility index (Phi) is 7.66. The number of halogens is 1. The van der Waals surface area contributed by atoms with Crippen LogP contribution < -0.4 is 11.1 Å². The van der Waals surface area contributed by atoms with Gasteiger partial charge in [-0.05, 0) is 62.6 Å². The zero-order valence-corrected chi connectivity index (χ0v) is 21.2. The fourth-order valence-electron chi connectivity index (χ4n) is 4.11. The number of amides is 1. The van der Waals surface area contributed by atoms with Crippen molar-refractivity contribution in [3.8, 4) is 40.5 Å². The average molecular weight is 508 g/mol. The van der Waals surface area contributed by atoms with Crippen molar-refractivity contribution in [3.05, 3.63) is 95.1 Å². The molecule has 0 aliphatic heterocycles. The van der Waals surface area contributed by atoms with E-state index in [-0.39, 0.29) is 22.9 Å². The van der Waals surface area contributed by atoms with Crippen molar-refractivity contribution in [3.63, 3.8) is 0 Å². The maximum Gasteiger partial charge on any atom is 0.252 e. The molecule has 0 saturated carbocycles. The van der Waals surface area contributed by atoms with E-state index in [2.05, 4.69) is 27.4 Å². The van der Waals surface area contributed by atoms with Crippen LogP contribution in [0.4, 0.5) is 4.39 Å². The van der Waals surface area contributed by atoms with Gasteiger partial charge in [-0.25, -0.2) is 4.39 Å². The van der Waals surface area contributed by atoms with Crippen LogP contribution in [0, 0.1) is 29.0 Å². The van der Waals surface area contributed by atoms with Crippen LogP contribution in [0.2, 0.25) is 0 Å². The van der Waals surface area contributed by atoms with E-state index in [1.54, 1.807) is 45.0 Å². The van der Waals surface area contributed by atoms with Crippen LogP contribution in [0.1, 0.15) is 48.1 Å². The lowest BCUT2D eigenvalue weighted by molar-refractivity contribution is 0.0948. The maximum atomic E-state index is 14.4. The van der Waals surface area contributed by atoms with Crippen LogP contribution in [0.25, 0.3) is 22.6 Å². The molecule has 0 aliphatic carbocycles. The van der Waals surface area contributed by atoms with E-state index >= 15 is 0 Å². The van der Waals surface area contributed by atoms with E-state index in [1.807, 2.05) is 36.4 Å². The molecule has 3 aromatic carbocycles. The first-order valence-electron chi connectivity index (χ1n) is 12.0. The highest BCUT2D eigenvalue weighted by Gasteiger charge is 2.29.